The van der Waals surface area contributed by atoms with E-state index in [0.717, 1.165) is 147 Å². The van der Waals surface area contributed by atoms with Crippen molar-refractivity contribution in [1.29, 1.82) is 0 Å². The van der Waals surface area contributed by atoms with Gasteiger partial charge in [-0.25, -0.2) is 24.9 Å². The van der Waals surface area contributed by atoms with Crippen molar-refractivity contribution in [1.82, 2.24) is 66.5 Å². The number of aromatic nitrogens is 10. The lowest BCUT2D eigenvalue weighted by molar-refractivity contribution is 0.164. The summed E-state index contributed by atoms with van der Waals surface area (Å²) in [7, 11) is 13.9. The Morgan fingerprint density at radius 3 is 1.08 bits per heavy atom. The number of hydrogen-bond acceptors (Lipinski definition) is 23. The fraction of sp³-hybridized carbons (Fsp3) is 0.430. The summed E-state index contributed by atoms with van der Waals surface area (Å²) in [5.74, 6) is 6.50. The number of ether oxygens (including phenoxy) is 6. The van der Waals surface area contributed by atoms with Crippen LogP contribution in [-0.2, 0) is 0 Å². The Bertz CT molecular complexity index is 6260. The molecule has 10 aromatic heterocycles. The lowest BCUT2D eigenvalue weighted by Crippen LogP contribution is -2.40. The first-order valence-corrected chi connectivity index (χ1v) is 45.3. The van der Waals surface area contributed by atoms with Crippen molar-refractivity contribution in [2.75, 3.05) is 183 Å². The van der Waals surface area contributed by atoms with Gasteiger partial charge in [-0.05, 0) is 276 Å². The molecule has 6 saturated heterocycles. The second kappa shape index (κ2) is 41.3. The number of rotatable bonds is 22. The van der Waals surface area contributed by atoms with Crippen LogP contribution < -0.4 is 65.4 Å². The van der Waals surface area contributed by atoms with Gasteiger partial charge in [-0.15, -0.1) is 0 Å². The number of anilines is 3. The second-order valence-corrected chi connectivity index (χ2v) is 35.0. The predicted octanol–water partition coefficient (Wildman–Crippen LogP) is 13.4. The zero-order valence-electron chi connectivity index (χ0n) is 75.4. The average molecular weight is 1740 g/mol. The number of pyridine rings is 5. The van der Waals surface area contributed by atoms with Crippen LogP contribution in [-0.4, -0.2) is 240 Å². The number of nitrogens with zero attached hydrogens (tertiary/aromatic N) is 17. The molecule has 0 saturated carbocycles. The molecule has 6 aliphatic heterocycles. The van der Waals surface area contributed by atoms with Crippen molar-refractivity contribution in [3.63, 3.8) is 0 Å². The van der Waals surface area contributed by atoms with E-state index in [4.69, 9.17) is 53.5 Å². The summed E-state index contributed by atoms with van der Waals surface area (Å²) in [5.41, 5.74) is 14.3. The fourth-order valence-corrected chi connectivity index (χ4v) is 19.2. The van der Waals surface area contributed by atoms with Gasteiger partial charge in [0.1, 0.15) is 28.2 Å². The molecule has 128 heavy (non-hydrogen) atoms. The number of methoxy groups -OCH3 is 6. The molecule has 672 valence electrons. The van der Waals surface area contributed by atoms with Gasteiger partial charge >= 0.3 is 0 Å². The molecule has 19 rings (SSSR count). The number of fused-ring (bicyclic) bond motifs is 5. The molecule has 13 aromatic rings. The van der Waals surface area contributed by atoms with E-state index < -0.39 is 0 Å². The number of β-amino-alcohol motifs (C(OH)–C–C–N with tert-alkyl or cyclic N) is 1. The monoisotopic (exact) mass is 1740 g/mol. The molecule has 16 heterocycles. The topological polar surface area (TPSA) is 253 Å². The Morgan fingerprint density at radius 2 is 0.695 bits per heavy atom. The molecular formula is C100H121N17O11. The van der Waals surface area contributed by atoms with Gasteiger partial charge in [-0.1, -0.05) is 12.5 Å². The van der Waals surface area contributed by atoms with E-state index in [1.165, 1.54) is 115 Å². The van der Waals surface area contributed by atoms with Crippen molar-refractivity contribution in [2.24, 2.45) is 17.8 Å². The number of aliphatic hydroxyl groups is 1. The van der Waals surface area contributed by atoms with Crippen LogP contribution in [0.2, 0.25) is 0 Å². The summed E-state index contributed by atoms with van der Waals surface area (Å²) in [6, 6.07) is 43.0. The van der Waals surface area contributed by atoms with Gasteiger partial charge in [0, 0.05) is 149 Å². The van der Waals surface area contributed by atoms with Gasteiger partial charge in [-0.3, -0.25) is 36.8 Å². The third-order valence-corrected chi connectivity index (χ3v) is 26.2. The van der Waals surface area contributed by atoms with Crippen molar-refractivity contribution in [3.8, 4) is 79.5 Å². The van der Waals surface area contributed by atoms with E-state index >= 15 is 0 Å². The van der Waals surface area contributed by atoms with E-state index in [1.807, 2.05) is 140 Å². The summed E-state index contributed by atoms with van der Waals surface area (Å²) >= 11 is 0. The molecule has 28 heteroatoms. The first-order chi connectivity index (χ1) is 62.4. The normalized spacial score (nSPS) is 16.6. The minimum Gasteiger partial charge on any atom is -0.493 e. The van der Waals surface area contributed by atoms with Crippen molar-refractivity contribution in [2.45, 2.75) is 96.3 Å². The molecule has 6 aliphatic rings. The summed E-state index contributed by atoms with van der Waals surface area (Å²) in [6.07, 6.45) is 27.7. The van der Waals surface area contributed by atoms with Gasteiger partial charge in [0.15, 0.2) is 34.5 Å². The van der Waals surface area contributed by atoms with Crippen LogP contribution in [0.4, 0.5) is 17.1 Å². The molecule has 0 atom stereocenters. The first-order valence-electron chi connectivity index (χ1n) is 45.3. The maximum Gasteiger partial charge on any atom is 0.258 e. The molecule has 0 bridgehead atoms. The lowest BCUT2D eigenvalue weighted by Gasteiger charge is -2.37. The predicted molar refractivity (Wildman–Crippen MR) is 505 cm³/mol. The van der Waals surface area contributed by atoms with Crippen LogP contribution in [0.25, 0.3) is 73.3 Å². The third-order valence-electron chi connectivity index (χ3n) is 26.2. The highest BCUT2D eigenvalue weighted by molar-refractivity contribution is 5.70. The lowest BCUT2D eigenvalue weighted by atomic mass is 9.90. The molecule has 0 radical (unpaired) electrons. The van der Waals surface area contributed by atoms with Crippen molar-refractivity contribution >= 4 is 45.3 Å². The third kappa shape index (κ3) is 21.1. The van der Waals surface area contributed by atoms with Crippen LogP contribution in [0.1, 0.15) is 101 Å². The summed E-state index contributed by atoms with van der Waals surface area (Å²) in [4.78, 5) is 92.1. The Balaban J connectivity index is 0.000000125. The Kier molecular flexibility index (Phi) is 28.8. The molecular weight excluding hydrogens is 1620 g/mol. The number of benzene rings is 3. The number of aliphatic hydroxyl groups excluding tert-OH is 1. The van der Waals surface area contributed by atoms with Crippen LogP contribution in [0, 0.1) is 24.7 Å². The second-order valence-electron chi connectivity index (χ2n) is 35.0. The summed E-state index contributed by atoms with van der Waals surface area (Å²) < 4.78 is 40.7. The van der Waals surface area contributed by atoms with Crippen LogP contribution in [0.5, 0.6) is 34.5 Å². The molecule has 0 spiro atoms. The largest absolute Gasteiger partial charge is 0.493 e. The Morgan fingerprint density at radius 1 is 0.344 bits per heavy atom. The zero-order chi connectivity index (χ0) is 88.9. The number of imidazole rings is 1. The van der Waals surface area contributed by atoms with Gasteiger partial charge in [0.2, 0.25) is 0 Å². The highest BCUT2D eigenvalue weighted by Gasteiger charge is 2.28. The Hall–Kier alpha value is -12.2. The molecule has 1 N–H and O–H groups in total. The number of piperidine rings is 5. The number of likely N-dealkylation sites (tertiary alicyclic amines) is 3. The summed E-state index contributed by atoms with van der Waals surface area (Å²) in [6.45, 7) is 19.7. The van der Waals surface area contributed by atoms with E-state index in [-0.39, 0.29) is 28.8 Å². The highest BCUT2D eigenvalue weighted by atomic mass is 16.5. The smallest absolute Gasteiger partial charge is 0.258 e. The highest BCUT2D eigenvalue weighted by Crippen LogP contribution is 2.37. The first kappa shape index (κ1) is 89.2. The van der Waals surface area contributed by atoms with E-state index in [9.17, 15) is 19.2 Å². The minimum atomic E-state index is -0.0980. The maximum absolute atomic E-state index is 13.0. The minimum absolute atomic E-state index is 0.0727. The molecule has 0 amide bonds. The van der Waals surface area contributed by atoms with E-state index in [1.54, 1.807) is 84.5 Å². The van der Waals surface area contributed by atoms with Gasteiger partial charge in [0.25, 0.3) is 22.2 Å². The molecule has 0 unspecified atom stereocenters. The fourth-order valence-electron chi connectivity index (χ4n) is 19.2. The Labute approximate surface area is 747 Å². The molecule has 28 nitrogen and oxygen atoms in total. The van der Waals surface area contributed by atoms with Gasteiger partial charge in [0.05, 0.1) is 94.8 Å². The molecule has 3 aromatic carbocycles. The number of aryl methyl sites for hydroxylation is 1. The van der Waals surface area contributed by atoms with E-state index in [0.29, 0.717) is 85.8 Å². The molecule has 0 aliphatic carbocycles. The van der Waals surface area contributed by atoms with Crippen LogP contribution >= 0.6 is 0 Å². The van der Waals surface area contributed by atoms with Crippen LogP contribution in [0.15, 0.2) is 196 Å². The number of hydrogen-bond donors (Lipinski definition) is 1. The van der Waals surface area contributed by atoms with Crippen LogP contribution in [0.3, 0.4) is 0 Å². The average Bonchev–Trinajstić information content (AvgIpc) is 1.74. The van der Waals surface area contributed by atoms with E-state index in [2.05, 4.69) is 77.6 Å². The van der Waals surface area contributed by atoms with Gasteiger partial charge in [-0.2, -0.15) is 0 Å². The SMILES string of the molecule is COc1ccc(-c2cc(=O)n3cc(N4CCC(CN(C)C)CC4)ccc3n2)cc1OC.COc1ccc(-c2cc(=O)n3cc(N4CCC(CN5CCCC5)CC4)ccc3n2)cc1OC.COc1ccc(-c2cc(=O)n3cc(N4CCC(CN5CCCCC5)CC4)ccc3n2)cc1OC.Cc1cn2cc(-c3cc(=O)n4cc(C5CCN(CCO)CC5)ccc4n3)ccc2n1. The standard InChI is InChI=1S/C27H34N4O3.C26H32N4O3.C24H30N4O3.C23H25N5O2/c1-33-24-8-6-21(16-25(24)34-2)23-17-27(32)31-19-22(7-9-26(31)28-23)30-14-10-20(11-15-30)18-29-12-4-3-5-13-29;1-32-23-7-5-20(15-24(23)33-2)22-16-26(31)30-18-21(6-8-25(30)27-22)29-13-9-19(10-14-29)17-28-11-3-4-12-28;1-26(2)15-17-9-11-27(12-10-17)19-6-8-23-25-20(14-24(29)28(23)16-19)18-5-7-21(30-3)22(13-18)31-4;1-16-13-27-14-19(3-4-21(27)24-16)20-12-23(30)28-15-18(2-5-22(28)25-20)17-6-8-26(9-7-17)10-11-29/h6-9,16-17,19-20H,3-5,10-15,18H2,1-2H3;5-8,15-16,18-19H,3-4,9-14,17H2,1-2H3;5-8,13-14,16-17H,9-12,15H2,1-4H3;2-5,12-15,17,29H,6-11H2,1H3. The summed E-state index contributed by atoms with van der Waals surface area (Å²) in [5, 5.41) is 9.12. The maximum atomic E-state index is 13.0. The quantitative estimate of drug-likeness (QED) is 0.0662. The van der Waals surface area contributed by atoms with Gasteiger partial charge < -0.3 is 72.2 Å². The zero-order valence-corrected chi connectivity index (χ0v) is 75.4. The van der Waals surface area contributed by atoms with Crippen molar-refractivity contribution < 1.29 is 33.5 Å². The molecule has 6 fully saturated rings. The van der Waals surface area contributed by atoms with Crippen molar-refractivity contribution in [3.05, 3.63) is 229 Å².